The Bertz CT molecular complexity index is 334. The SMILES string of the molecule is C#Cc1ccc(=O)[nH]c1F. The molecule has 50 valence electrons. The van der Waals surface area contributed by atoms with Crippen molar-refractivity contribution in [3.63, 3.8) is 0 Å². The molecule has 1 N–H and O–H groups in total. The number of aromatic nitrogens is 1. The van der Waals surface area contributed by atoms with E-state index in [2.05, 4.69) is 5.92 Å². The average molecular weight is 137 g/mol. The molecule has 10 heavy (non-hydrogen) atoms. The van der Waals surface area contributed by atoms with Crippen molar-refractivity contribution >= 4 is 0 Å². The molecule has 0 aromatic carbocycles. The monoisotopic (exact) mass is 137 g/mol. The molecule has 0 aliphatic carbocycles. The highest BCUT2D eigenvalue weighted by Crippen LogP contribution is 1.96. The fraction of sp³-hybridized carbons (Fsp3) is 0. The maximum absolute atomic E-state index is 12.5. The van der Waals surface area contributed by atoms with Crippen molar-refractivity contribution in [2.24, 2.45) is 0 Å². The van der Waals surface area contributed by atoms with E-state index in [1.54, 1.807) is 0 Å². The second-order valence-electron chi connectivity index (χ2n) is 1.69. The Morgan fingerprint density at radius 1 is 1.60 bits per heavy atom. The minimum atomic E-state index is -0.755. The molecule has 0 aliphatic heterocycles. The van der Waals surface area contributed by atoms with Crippen LogP contribution in [0.4, 0.5) is 4.39 Å². The first-order valence-electron chi connectivity index (χ1n) is 2.59. The van der Waals surface area contributed by atoms with Crippen LogP contribution in [0.3, 0.4) is 0 Å². The van der Waals surface area contributed by atoms with Gasteiger partial charge in [0, 0.05) is 6.07 Å². The third kappa shape index (κ3) is 1.06. The molecule has 1 aromatic heterocycles. The van der Waals surface area contributed by atoms with E-state index in [-0.39, 0.29) is 5.56 Å². The maximum Gasteiger partial charge on any atom is 0.250 e. The lowest BCUT2D eigenvalue weighted by Gasteiger charge is -1.89. The van der Waals surface area contributed by atoms with Crippen LogP contribution in [0.5, 0.6) is 0 Å². The zero-order valence-electron chi connectivity index (χ0n) is 5.02. The normalized spacial score (nSPS) is 8.80. The van der Waals surface area contributed by atoms with Gasteiger partial charge < -0.3 is 0 Å². The van der Waals surface area contributed by atoms with E-state index in [9.17, 15) is 9.18 Å². The van der Waals surface area contributed by atoms with Gasteiger partial charge in [0.2, 0.25) is 11.5 Å². The Labute approximate surface area is 56.7 Å². The number of nitrogens with one attached hydrogen (secondary N) is 1. The highest BCUT2D eigenvalue weighted by atomic mass is 19.1. The first-order valence-corrected chi connectivity index (χ1v) is 2.59. The Hall–Kier alpha value is -1.56. The van der Waals surface area contributed by atoms with Gasteiger partial charge in [-0.3, -0.25) is 9.78 Å². The summed E-state index contributed by atoms with van der Waals surface area (Å²) in [6.07, 6.45) is 4.89. The number of halogens is 1. The predicted octanol–water partition coefficient (Wildman–Crippen LogP) is 0.495. The van der Waals surface area contributed by atoms with Crippen LogP contribution >= 0.6 is 0 Å². The van der Waals surface area contributed by atoms with Crippen LogP contribution in [0.25, 0.3) is 0 Å². The number of terminal acetylenes is 1. The number of H-pyrrole nitrogens is 1. The second-order valence-corrected chi connectivity index (χ2v) is 1.69. The van der Waals surface area contributed by atoms with Crippen LogP contribution in [-0.2, 0) is 0 Å². The molecule has 2 nitrogen and oxygen atoms in total. The molecule has 1 rings (SSSR count). The van der Waals surface area contributed by atoms with Crippen LogP contribution in [0.15, 0.2) is 16.9 Å². The van der Waals surface area contributed by atoms with Crippen molar-refractivity contribution < 1.29 is 4.39 Å². The lowest BCUT2D eigenvalue weighted by molar-refractivity contribution is 0.576. The van der Waals surface area contributed by atoms with Crippen molar-refractivity contribution in [3.8, 4) is 12.3 Å². The molecule has 3 heteroatoms. The molecule has 0 fully saturated rings. The highest BCUT2D eigenvalue weighted by Gasteiger charge is 1.96. The molecule has 0 saturated heterocycles. The summed E-state index contributed by atoms with van der Waals surface area (Å²) in [5.41, 5.74) is -0.420. The zero-order chi connectivity index (χ0) is 7.56. The van der Waals surface area contributed by atoms with E-state index in [0.717, 1.165) is 0 Å². The van der Waals surface area contributed by atoms with Gasteiger partial charge in [0.15, 0.2) is 0 Å². The summed E-state index contributed by atoms with van der Waals surface area (Å²) in [7, 11) is 0. The highest BCUT2D eigenvalue weighted by molar-refractivity contribution is 5.29. The summed E-state index contributed by atoms with van der Waals surface area (Å²) in [6, 6.07) is 2.44. The van der Waals surface area contributed by atoms with E-state index in [1.807, 2.05) is 4.98 Å². The second kappa shape index (κ2) is 2.36. The average Bonchev–Trinajstić information content (AvgIpc) is 1.88. The third-order valence-corrected chi connectivity index (χ3v) is 1.03. The van der Waals surface area contributed by atoms with Crippen LogP contribution < -0.4 is 5.56 Å². The lowest BCUT2D eigenvalue weighted by atomic mass is 10.3. The quantitative estimate of drug-likeness (QED) is 0.409. The summed E-state index contributed by atoms with van der Waals surface area (Å²) in [6.45, 7) is 0. The van der Waals surface area contributed by atoms with Crippen LogP contribution in [0.1, 0.15) is 5.56 Å². The van der Waals surface area contributed by atoms with Crippen molar-refractivity contribution in [2.75, 3.05) is 0 Å². The Kier molecular flexibility index (Phi) is 1.55. The van der Waals surface area contributed by atoms with Gasteiger partial charge in [0.25, 0.3) is 0 Å². The molecule has 1 heterocycles. The van der Waals surface area contributed by atoms with E-state index in [0.29, 0.717) is 0 Å². The molecule has 0 aliphatic rings. The van der Waals surface area contributed by atoms with Crippen molar-refractivity contribution in [3.05, 3.63) is 34.0 Å². The Morgan fingerprint density at radius 2 is 2.30 bits per heavy atom. The molecule has 0 unspecified atom stereocenters. The van der Waals surface area contributed by atoms with Gasteiger partial charge >= 0.3 is 0 Å². The number of rotatable bonds is 0. The van der Waals surface area contributed by atoms with Crippen LogP contribution in [-0.4, -0.2) is 4.98 Å². The van der Waals surface area contributed by atoms with Gasteiger partial charge in [0.1, 0.15) is 0 Å². The van der Waals surface area contributed by atoms with Crippen molar-refractivity contribution in [1.29, 1.82) is 0 Å². The molecule has 0 saturated carbocycles. The molecule has 0 bridgehead atoms. The van der Waals surface area contributed by atoms with Gasteiger partial charge in [-0.25, -0.2) is 0 Å². The largest absolute Gasteiger partial charge is 0.298 e. The van der Waals surface area contributed by atoms with Crippen molar-refractivity contribution in [2.45, 2.75) is 0 Å². The molecular formula is C7H4FNO. The number of aromatic amines is 1. The Balaban J connectivity index is 3.37. The first kappa shape index (κ1) is 6.56. The maximum atomic E-state index is 12.5. The molecule has 1 aromatic rings. The smallest absolute Gasteiger partial charge is 0.250 e. The minimum absolute atomic E-state index is 0.0691. The molecule has 0 amide bonds. The van der Waals surface area contributed by atoms with Crippen LogP contribution in [0.2, 0.25) is 0 Å². The Morgan fingerprint density at radius 3 is 2.80 bits per heavy atom. The number of hydrogen-bond donors (Lipinski definition) is 1. The lowest BCUT2D eigenvalue weighted by Crippen LogP contribution is -2.06. The van der Waals surface area contributed by atoms with Gasteiger partial charge in [0.05, 0.1) is 5.56 Å². The molecule has 0 atom stereocenters. The van der Waals surface area contributed by atoms with E-state index < -0.39 is 11.5 Å². The molecular weight excluding hydrogens is 133 g/mol. The van der Waals surface area contributed by atoms with E-state index in [4.69, 9.17) is 6.42 Å². The third-order valence-electron chi connectivity index (χ3n) is 1.03. The zero-order valence-corrected chi connectivity index (χ0v) is 5.02. The van der Waals surface area contributed by atoms with Gasteiger partial charge in [-0.05, 0) is 6.07 Å². The van der Waals surface area contributed by atoms with Crippen molar-refractivity contribution in [1.82, 2.24) is 4.98 Å². The topological polar surface area (TPSA) is 32.9 Å². The van der Waals surface area contributed by atoms with E-state index >= 15 is 0 Å². The van der Waals surface area contributed by atoms with Gasteiger partial charge in [-0.2, -0.15) is 4.39 Å². The molecule has 0 radical (unpaired) electrons. The summed E-state index contributed by atoms with van der Waals surface area (Å²) < 4.78 is 12.5. The van der Waals surface area contributed by atoms with Crippen LogP contribution in [0, 0.1) is 18.3 Å². The summed E-state index contributed by atoms with van der Waals surface area (Å²) in [4.78, 5) is 12.3. The fourth-order valence-corrected chi connectivity index (χ4v) is 0.561. The number of pyridine rings is 1. The predicted molar refractivity (Wildman–Crippen MR) is 35.0 cm³/mol. The summed E-state index contributed by atoms with van der Waals surface area (Å²) >= 11 is 0. The van der Waals surface area contributed by atoms with Gasteiger partial charge in [-0.15, -0.1) is 6.42 Å². The van der Waals surface area contributed by atoms with Gasteiger partial charge in [-0.1, -0.05) is 5.92 Å². The summed E-state index contributed by atoms with van der Waals surface area (Å²) in [5.74, 6) is 1.32. The standard InChI is InChI=1S/C7H4FNO/c1-2-5-3-4-6(10)9-7(5)8/h1,3-4H,(H,9,10). The first-order chi connectivity index (χ1) is 4.74. The minimum Gasteiger partial charge on any atom is -0.298 e. The number of hydrogen-bond acceptors (Lipinski definition) is 1. The molecule has 0 spiro atoms. The van der Waals surface area contributed by atoms with E-state index in [1.165, 1.54) is 12.1 Å². The fourth-order valence-electron chi connectivity index (χ4n) is 0.561. The summed E-state index contributed by atoms with van der Waals surface area (Å²) in [5, 5.41) is 0.